The van der Waals surface area contributed by atoms with Crippen LogP contribution < -0.4 is 5.32 Å². The minimum atomic E-state index is -0.618. The van der Waals surface area contributed by atoms with Crippen LogP contribution in [0, 0.1) is 12.3 Å². The monoisotopic (exact) mass is 139 g/mol. The molecule has 2 nitrogen and oxygen atoms in total. The van der Waals surface area contributed by atoms with Crippen LogP contribution in [0.4, 0.5) is 0 Å². The predicted molar refractivity (Wildman–Crippen MR) is 40.5 cm³/mol. The Kier molecular flexibility index (Phi) is 2.31. The van der Waals surface area contributed by atoms with Gasteiger partial charge in [-0.2, -0.15) is 0 Å². The van der Waals surface area contributed by atoms with Crippen molar-refractivity contribution in [3.63, 3.8) is 0 Å². The zero-order valence-corrected chi connectivity index (χ0v) is 6.06. The lowest BCUT2D eigenvalue weighted by Crippen LogP contribution is -2.45. The van der Waals surface area contributed by atoms with Crippen LogP contribution in [0.2, 0.25) is 0 Å². The Labute approximate surface area is 61.6 Å². The summed E-state index contributed by atoms with van der Waals surface area (Å²) < 4.78 is 0. The van der Waals surface area contributed by atoms with Crippen LogP contribution in [0.3, 0.4) is 0 Å². The average molecular weight is 139 g/mol. The maximum absolute atomic E-state index is 9.67. The Morgan fingerprint density at radius 2 is 2.50 bits per heavy atom. The van der Waals surface area contributed by atoms with Crippen LogP contribution in [0.1, 0.15) is 19.3 Å². The molecule has 0 saturated carbocycles. The van der Waals surface area contributed by atoms with Gasteiger partial charge >= 0.3 is 0 Å². The van der Waals surface area contributed by atoms with Crippen molar-refractivity contribution >= 4 is 0 Å². The van der Waals surface area contributed by atoms with Gasteiger partial charge in [-0.25, -0.2) is 0 Å². The van der Waals surface area contributed by atoms with Crippen LogP contribution in [-0.4, -0.2) is 23.8 Å². The van der Waals surface area contributed by atoms with Gasteiger partial charge in [-0.05, 0) is 19.4 Å². The maximum Gasteiger partial charge on any atom is 0.0880 e. The molecule has 1 fully saturated rings. The molecule has 0 aromatic heterocycles. The molecule has 1 heterocycles. The molecule has 0 aromatic rings. The van der Waals surface area contributed by atoms with Gasteiger partial charge in [0.15, 0.2) is 0 Å². The van der Waals surface area contributed by atoms with Crippen LogP contribution >= 0.6 is 0 Å². The molecule has 0 aromatic carbocycles. The van der Waals surface area contributed by atoms with Crippen molar-refractivity contribution in [3.8, 4) is 12.3 Å². The van der Waals surface area contributed by atoms with Crippen molar-refractivity contribution in [2.24, 2.45) is 0 Å². The molecule has 1 aliphatic heterocycles. The number of piperidine rings is 1. The SMILES string of the molecule is C#CCC1(O)CCCNC1. The molecular weight excluding hydrogens is 126 g/mol. The van der Waals surface area contributed by atoms with Crippen LogP contribution in [0.25, 0.3) is 0 Å². The third-order valence-electron chi connectivity index (χ3n) is 1.88. The van der Waals surface area contributed by atoms with E-state index in [1.165, 1.54) is 0 Å². The standard InChI is InChI=1S/C8H13NO/c1-2-4-8(10)5-3-6-9-7-8/h1,9-10H,3-7H2. The van der Waals surface area contributed by atoms with Gasteiger partial charge in [0.25, 0.3) is 0 Å². The predicted octanol–water partition coefficient (Wildman–Crippen LogP) is 0.124. The summed E-state index contributed by atoms with van der Waals surface area (Å²) in [7, 11) is 0. The van der Waals surface area contributed by atoms with E-state index < -0.39 is 5.60 Å². The lowest BCUT2D eigenvalue weighted by atomic mass is 9.91. The topological polar surface area (TPSA) is 32.3 Å². The van der Waals surface area contributed by atoms with Crippen LogP contribution in [0.15, 0.2) is 0 Å². The van der Waals surface area contributed by atoms with Gasteiger partial charge in [0.1, 0.15) is 0 Å². The first-order chi connectivity index (χ1) is 4.77. The van der Waals surface area contributed by atoms with Crippen molar-refractivity contribution in [3.05, 3.63) is 0 Å². The van der Waals surface area contributed by atoms with Gasteiger partial charge in [-0.1, -0.05) is 0 Å². The molecule has 56 valence electrons. The molecule has 0 amide bonds. The quantitative estimate of drug-likeness (QED) is 0.506. The minimum Gasteiger partial charge on any atom is -0.388 e. The van der Waals surface area contributed by atoms with E-state index in [9.17, 15) is 5.11 Å². The lowest BCUT2D eigenvalue weighted by Gasteiger charge is -2.30. The van der Waals surface area contributed by atoms with E-state index in [4.69, 9.17) is 6.42 Å². The van der Waals surface area contributed by atoms with E-state index in [2.05, 4.69) is 11.2 Å². The number of β-amino-alcohol motifs (C(OH)–C–C–N with tert-alkyl or cyclic N) is 1. The first kappa shape index (κ1) is 7.59. The summed E-state index contributed by atoms with van der Waals surface area (Å²) in [5, 5.41) is 12.8. The number of terminal acetylenes is 1. The van der Waals surface area contributed by atoms with Crippen molar-refractivity contribution in [1.82, 2.24) is 5.32 Å². The molecule has 0 bridgehead atoms. The fourth-order valence-corrected chi connectivity index (χ4v) is 1.29. The maximum atomic E-state index is 9.67. The number of aliphatic hydroxyl groups is 1. The number of rotatable bonds is 1. The minimum absolute atomic E-state index is 0.472. The van der Waals surface area contributed by atoms with Gasteiger partial charge in [-0.3, -0.25) is 0 Å². The first-order valence-electron chi connectivity index (χ1n) is 3.63. The fraction of sp³-hybridized carbons (Fsp3) is 0.750. The van der Waals surface area contributed by atoms with E-state index in [1.807, 2.05) is 0 Å². The lowest BCUT2D eigenvalue weighted by molar-refractivity contribution is 0.0215. The van der Waals surface area contributed by atoms with Crippen molar-refractivity contribution in [2.75, 3.05) is 13.1 Å². The van der Waals surface area contributed by atoms with Crippen LogP contribution in [-0.2, 0) is 0 Å². The van der Waals surface area contributed by atoms with Crippen molar-refractivity contribution in [1.29, 1.82) is 0 Å². The molecular formula is C8H13NO. The van der Waals surface area contributed by atoms with Crippen molar-refractivity contribution in [2.45, 2.75) is 24.9 Å². The normalized spacial score (nSPS) is 33.2. The first-order valence-corrected chi connectivity index (χ1v) is 3.63. The second-order valence-electron chi connectivity index (χ2n) is 2.89. The largest absolute Gasteiger partial charge is 0.388 e. The Morgan fingerprint density at radius 3 is 3.00 bits per heavy atom. The Hall–Kier alpha value is -0.520. The van der Waals surface area contributed by atoms with E-state index in [-0.39, 0.29) is 0 Å². The zero-order chi connectivity index (χ0) is 7.45. The van der Waals surface area contributed by atoms with E-state index in [0.29, 0.717) is 13.0 Å². The zero-order valence-electron chi connectivity index (χ0n) is 6.06. The van der Waals surface area contributed by atoms with Gasteiger partial charge < -0.3 is 10.4 Å². The second-order valence-corrected chi connectivity index (χ2v) is 2.89. The van der Waals surface area contributed by atoms with E-state index in [0.717, 1.165) is 19.4 Å². The molecule has 0 aliphatic carbocycles. The molecule has 0 spiro atoms. The molecule has 0 radical (unpaired) electrons. The highest BCUT2D eigenvalue weighted by Gasteiger charge is 2.27. The molecule has 1 unspecified atom stereocenters. The van der Waals surface area contributed by atoms with E-state index >= 15 is 0 Å². The summed E-state index contributed by atoms with van der Waals surface area (Å²) in [6.45, 7) is 1.66. The summed E-state index contributed by atoms with van der Waals surface area (Å²) in [6, 6.07) is 0. The van der Waals surface area contributed by atoms with Gasteiger partial charge in [0, 0.05) is 13.0 Å². The van der Waals surface area contributed by atoms with Gasteiger partial charge in [-0.15, -0.1) is 12.3 Å². The number of nitrogens with one attached hydrogen (secondary N) is 1. The summed E-state index contributed by atoms with van der Waals surface area (Å²) >= 11 is 0. The third-order valence-corrected chi connectivity index (χ3v) is 1.88. The average Bonchev–Trinajstić information content (AvgIpc) is 1.89. The number of hydrogen-bond acceptors (Lipinski definition) is 2. The van der Waals surface area contributed by atoms with Crippen LogP contribution in [0.5, 0.6) is 0 Å². The molecule has 10 heavy (non-hydrogen) atoms. The summed E-state index contributed by atoms with van der Waals surface area (Å²) in [6.07, 6.45) is 7.44. The number of hydrogen-bond donors (Lipinski definition) is 2. The van der Waals surface area contributed by atoms with Gasteiger partial charge in [0.05, 0.1) is 5.60 Å². The summed E-state index contributed by atoms with van der Waals surface area (Å²) in [5.74, 6) is 2.49. The smallest absolute Gasteiger partial charge is 0.0880 e. The molecule has 2 heteroatoms. The second kappa shape index (κ2) is 3.05. The highest BCUT2D eigenvalue weighted by molar-refractivity contribution is 4.97. The third kappa shape index (κ3) is 1.73. The molecule has 1 rings (SSSR count). The van der Waals surface area contributed by atoms with Gasteiger partial charge in [0.2, 0.25) is 0 Å². The van der Waals surface area contributed by atoms with E-state index in [1.54, 1.807) is 0 Å². The Morgan fingerprint density at radius 1 is 1.70 bits per heavy atom. The van der Waals surface area contributed by atoms with Crippen molar-refractivity contribution < 1.29 is 5.11 Å². The Bertz CT molecular complexity index is 142. The summed E-state index contributed by atoms with van der Waals surface area (Å²) in [5.41, 5.74) is -0.618. The molecule has 1 saturated heterocycles. The highest BCUT2D eigenvalue weighted by atomic mass is 16.3. The molecule has 1 atom stereocenters. The highest BCUT2D eigenvalue weighted by Crippen LogP contribution is 2.18. The fourth-order valence-electron chi connectivity index (χ4n) is 1.29. The molecule has 2 N–H and O–H groups in total. The summed E-state index contributed by atoms with van der Waals surface area (Å²) in [4.78, 5) is 0. The molecule has 1 aliphatic rings. The Balaban J connectivity index is 2.42.